The third kappa shape index (κ3) is 6.42. The summed E-state index contributed by atoms with van der Waals surface area (Å²) >= 11 is 13.5. The third-order valence-corrected chi connectivity index (χ3v) is 6.87. The highest BCUT2D eigenvalue weighted by Gasteiger charge is 2.22. The van der Waals surface area contributed by atoms with Crippen molar-refractivity contribution in [1.82, 2.24) is 0 Å². The fraction of sp³-hybridized carbons (Fsp3) is 0.0435. The van der Waals surface area contributed by atoms with E-state index in [9.17, 15) is 18.5 Å². The quantitative estimate of drug-likeness (QED) is 0.151. The number of amides is 1. The van der Waals surface area contributed by atoms with Gasteiger partial charge in [0.05, 0.1) is 10.7 Å². The van der Waals surface area contributed by atoms with Crippen molar-refractivity contribution in [2.24, 2.45) is 0 Å². The van der Waals surface area contributed by atoms with E-state index < -0.39 is 16.0 Å². The van der Waals surface area contributed by atoms with Crippen molar-refractivity contribution in [3.8, 4) is 17.6 Å². The molecule has 11 heteroatoms. The van der Waals surface area contributed by atoms with Crippen LogP contribution in [0, 0.1) is 14.9 Å². The number of hydrogen-bond acceptors (Lipinski definition) is 6. The van der Waals surface area contributed by atoms with Gasteiger partial charge in [0.25, 0.3) is 5.91 Å². The molecule has 0 heterocycles. The van der Waals surface area contributed by atoms with Gasteiger partial charge in [-0.3, -0.25) is 4.79 Å². The molecule has 3 rings (SSSR count). The Balaban J connectivity index is 1.90. The van der Waals surface area contributed by atoms with Crippen LogP contribution < -0.4 is 14.2 Å². The molecule has 0 spiro atoms. The number of nitriles is 1. The largest absolute Gasteiger partial charge is 0.493 e. The number of carbonyl (C=O) groups excluding carboxylic acids is 1. The van der Waals surface area contributed by atoms with E-state index in [1.807, 2.05) is 28.7 Å². The monoisotopic (exact) mass is 628 g/mol. The Morgan fingerprint density at radius 2 is 1.65 bits per heavy atom. The van der Waals surface area contributed by atoms with E-state index in [4.69, 9.17) is 32.1 Å². The van der Waals surface area contributed by atoms with Crippen molar-refractivity contribution >= 4 is 73.6 Å². The second kappa shape index (κ2) is 11.1. The van der Waals surface area contributed by atoms with Crippen LogP contribution in [0.5, 0.6) is 11.5 Å². The number of nitrogens with zero attached hydrogens (tertiary/aromatic N) is 1. The highest BCUT2D eigenvalue weighted by Crippen LogP contribution is 2.36. The van der Waals surface area contributed by atoms with Crippen molar-refractivity contribution in [3.05, 3.63) is 85.4 Å². The van der Waals surface area contributed by atoms with Gasteiger partial charge in [0, 0.05) is 15.7 Å². The minimum Gasteiger partial charge on any atom is -0.493 e. The molecule has 174 valence electrons. The number of carbonyl (C=O) groups is 1. The van der Waals surface area contributed by atoms with Crippen LogP contribution in [-0.2, 0) is 14.9 Å². The van der Waals surface area contributed by atoms with Crippen LogP contribution in [0.4, 0.5) is 5.69 Å². The molecule has 0 fully saturated rings. The predicted molar refractivity (Wildman–Crippen MR) is 139 cm³/mol. The van der Waals surface area contributed by atoms with Crippen LogP contribution in [-0.4, -0.2) is 21.4 Å². The predicted octanol–water partition coefficient (Wildman–Crippen LogP) is 5.92. The number of rotatable bonds is 7. The van der Waals surface area contributed by atoms with Gasteiger partial charge in [-0.25, -0.2) is 0 Å². The minimum atomic E-state index is -4.16. The zero-order chi connectivity index (χ0) is 24.9. The molecule has 34 heavy (non-hydrogen) atoms. The fourth-order valence-corrected chi connectivity index (χ4v) is 4.80. The molecule has 0 aliphatic carbocycles. The molecule has 3 aromatic rings. The summed E-state index contributed by atoms with van der Waals surface area (Å²) in [5.74, 6) is -0.546. The van der Waals surface area contributed by atoms with E-state index in [1.165, 1.54) is 43.5 Å². The number of ether oxygens (including phenoxy) is 1. The standard InChI is InChI=1S/C23H15Cl2IN2O5S/c1-32-21-12-14(10-15(13-27)23(29)28-18-6-2-16(24)3-7-18)11-20(26)22(21)33-34(30,31)19-8-4-17(25)5-9-19/h2-12H,1H3,(H,28,29)/b15-10+. The van der Waals surface area contributed by atoms with E-state index in [0.29, 0.717) is 24.9 Å². The summed E-state index contributed by atoms with van der Waals surface area (Å²) in [6.07, 6.45) is 1.35. The molecule has 3 aromatic carbocycles. The molecule has 1 amide bonds. The fourth-order valence-electron chi connectivity index (χ4n) is 2.71. The second-order valence-electron chi connectivity index (χ2n) is 6.66. The summed E-state index contributed by atoms with van der Waals surface area (Å²) < 4.78 is 36.4. The Morgan fingerprint density at radius 1 is 1.06 bits per heavy atom. The first-order valence-corrected chi connectivity index (χ1v) is 12.6. The van der Waals surface area contributed by atoms with E-state index in [1.54, 1.807) is 30.3 Å². The lowest BCUT2D eigenvalue weighted by Gasteiger charge is -2.14. The first-order valence-electron chi connectivity index (χ1n) is 9.39. The first-order chi connectivity index (χ1) is 16.1. The number of anilines is 1. The van der Waals surface area contributed by atoms with Crippen LogP contribution >= 0.6 is 45.8 Å². The van der Waals surface area contributed by atoms with Crippen molar-refractivity contribution in [2.75, 3.05) is 12.4 Å². The van der Waals surface area contributed by atoms with Crippen LogP contribution in [0.25, 0.3) is 6.08 Å². The van der Waals surface area contributed by atoms with Gasteiger partial charge >= 0.3 is 10.1 Å². The van der Waals surface area contributed by atoms with Crippen LogP contribution in [0.2, 0.25) is 10.0 Å². The molecular weight excluding hydrogens is 614 g/mol. The molecule has 0 atom stereocenters. The smallest absolute Gasteiger partial charge is 0.339 e. The van der Waals surface area contributed by atoms with Gasteiger partial charge in [-0.15, -0.1) is 0 Å². The number of benzene rings is 3. The van der Waals surface area contributed by atoms with Crippen molar-refractivity contribution in [3.63, 3.8) is 0 Å². The molecule has 0 aliphatic heterocycles. The summed E-state index contributed by atoms with van der Waals surface area (Å²) in [7, 11) is -2.82. The topological polar surface area (TPSA) is 105 Å². The van der Waals surface area contributed by atoms with Crippen molar-refractivity contribution in [1.29, 1.82) is 5.26 Å². The maximum Gasteiger partial charge on any atom is 0.339 e. The highest BCUT2D eigenvalue weighted by molar-refractivity contribution is 14.1. The zero-order valence-corrected chi connectivity index (χ0v) is 21.9. The highest BCUT2D eigenvalue weighted by atomic mass is 127. The third-order valence-electron chi connectivity index (χ3n) is 4.33. The van der Waals surface area contributed by atoms with Crippen LogP contribution in [0.1, 0.15) is 5.56 Å². The summed E-state index contributed by atoms with van der Waals surface area (Å²) in [6.45, 7) is 0. The molecule has 0 aromatic heterocycles. The van der Waals surface area contributed by atoms with E-state index >= 15 is 0 Å². The molecule has 1 N–H and O–H groups in total. The van der Waals surface area contributed by atoms with Gasteiger partial charge in [-0.2, -0.15) is 13.7 Å². The summed E-state index contributed by atoms with van der Waals surface area (Å²) in [5.41, 5.74) is 0.731. The molecule has 0 bridgehead atoms. The van der Waals surface area contributed by atoms with Crippen LogP contribution in [0.15, 0.2) is 71.1 Å². The normalized spacial score (nSPS) is 11.4. The molecule has 0 aliphatic rings. The lowest BCUT2D eigenvalue weighted by molar-refractivity contribution is -0.112. The Kier molecular flexibility index (Phi) is 8.43. The first kappa shape index (κ1) is 25.8. The van der Waals surface area contributed by atoms with Crippen molar-refractivity contribution in [2.45, 2.75) is 4.90 Å². The molecule has 7 nitrogen and oxygen atoms in total. The van der Waals surface area contributed by atoms with Crippen LogP contribution in [0.3, 0.4) is 0 Å². The Morgan fingerprint density at radius 3 is 2.21 bits per heavy atom. The number of hydrogen-bond donors (Lipinski definition) is 1. The van der Waals surface area contributed by atoms with Gasteiger partial charge in [0.2, 0.25) is 0 Å². The number of methoxy groups -OCH3 is 1. The van der Waals surface area contributed by atoms with Gasteiger partial charge < -0.3 is 14.2 Å². The number of halogens is 3. The van der Waals surface area contributed by atoms with E-state index in [-0.39, 0.29) is 22.0 Å². The molecule has 0 saturated heterocycles. The maximum absolute atomic E-state index is 12.7. The van der Waals surface area contributed by atoms with Gasteiger partial charge in [0.1, 0.15) is 16.5 Å². The average Bonchev–Trinajstić information content (AvgIpc) is 2.80. The van der Waals surface area contributed by atoms with E-state index in [0.717, 1.165) is 0 Å². The van der Waals surface area contributed by atoms with Crippen molar-refractivity contribution < 1.29 is 22.1 Å². The van der Waals surface area contributed by atoms with Gasteiger partial charge in [-0.05, 0) is 94.9 Å². The molecular formula is C23H15Cl2IN2O5S. The Labute approximate surface area is 220 Å². The molecule has 0 saturated carbocycles. The van der Waals surface area contributed by atoms with Gasteiger partial charge in [0.15, 0.2) is 11.5 Å². The molecule has 0 unspecified atom stereocenters. The average molecular weight is 629 g/mol. The molecule has 0 radical (unpaired) electrons. The summed E-state index contributed by atoms with van der Waals surface area (Å²) in [6, 6.07) is 16.8. The summed E-state index contributed by atoms with van der Waals surface area (Å²) in [5, 5.41) is 13.0. The summed E-state index contributed by atoms with van der Waals surface area (Å²) in [4.78, 5) is 12.4. The lowest BCUT2D eigenvalue weighted by Crippen LogP contribution is -2.13. The van der Waals surface area contributed by atoms with Gasteiger partial charge in [-0.1, -0.05) is 23.2 Å². The minimum absolute atomic E-state index is 0.0284. The Hall–Kier alpha value is -2.78. The Bertz CT molecular complexity index is 1400. The van der Waals surface area contributed by atoms with E-state index in [2.05, 4.69) is 5.32 Å². The zero-order valence-electron chi connectivity index (χ0n) is 17.4. The lowest BCUT2D eigenvalue weighted by atomic mass is 10.1. The second-order valence-corrected chi connectivity index (χ2v) is 10.2. The number of nitrogens with one attached hydrogen (secondary N) is 1. The maximum atomic E-state index is 12.7. The SMILES string of the molecule is COc1cc(/C=C(\C#N)C(=O)Nc2ccc(Cl)cc2)cc(I)c1OS(=O)(=O)c1ccc(Cl)cc1.